The van der Waals surface area contributed by atoms with Crippen LogP contribution in [0.4, 0.5) is 10.1 Å². The van der Waals surface area contributed by atoms with Gasteiger partial charge in [-0.1, -0.05) is 15.9 Å². The van der Waals surface area contributed by atoms with Gasteiger partial charge in [-0.3, -0.25) is 4.79 Å². The molecule has 4 fully saturated rings. The Morgan fingerprint density at radius 2 is 1.96 bits per heavy atom. The molecule has 0 spiro atoms. The molecule has 1 aromatic carbocycles. The van der Waals surface area contributed by atoms with E-state index in [2.05, 4.69) is 47.3 Å². The van der Waals surface area contributed by atoms with E-state index in [0.717, 1.165) is 32.1 Å². The monoisotopic (exact) mass is 496 g/mol. The van der Waals surface area contributed by atoms with Crippen LogP contribution in [-0.4, -0.2) is 20.7 Å². The Hall–Kier alpha value is -1.28. The lowest BCUT2D eigenvalue weighted by atomic mass is 9.46. The third kappa shape index (κ3) is 2.87. The number of benzene rings is 1. The first-order valence-corrected chi connectivity index (χ1v) is 10.8. The summed E-state index contributed by atoms with van der Waals surface area (Å²) in [5.41, 5.74) is -0.364. The number of nitrogens with one attached hydrogen (secondary N) is 1. The molecule has 4 aliphatic carbocycles. The van der Waals surface area contributed by atoms with E-state index in [1.807, 2.05) is 4.68 Å². The first-order valence-electron chi connectivity index (χ1n) is 9.22. The quantitative estimate of drug-likeness (QED) is 0.657. The molecule has 4 bridgehead atoms. The van der Waals surface area contributed by atoms with E-state index >= 15 is 0 Å². The molecule has 4 aliphatic rings. The highest BCUT2D eigenvalue weighted by atomic mass is 79.9. The smallest absolute Gasteiger partial charge is 0.230 e. The normalized spacial score (nSPS) is 34.0. The molecule has 5 nitrogen and oxygen atoms in total. The summed E-state index contributed by atoms with van der Waals surface area (Å²) >= 11 is 6.60. The molecule has 1 amide bonds. The van der Waals surface area contributed by atoms with Crippen LogP contribution in [0.5, 0.6) is 0 Å². The van der Waals surface area contributed by atoms with E-state index in [1.54, 1.807) is 18.5 Å². The molecule has 2 aromatic rings. The van der Waals surface area contributed by atoms with Crippen LogP contribution >= 0.6 is 31.9 Å². The van der Waals surface area contributed by atoms with Crippen LogP contribution < -0.4 is 5.32 Å². The van der Waals surface area contributed by atoms with Gasteiger partial charge < -0.3 is 5.32 Å². The van der Waals surface area contributed by atoms with Gasteiger partial charge in [-0.05, 0) is 84.5 Å². The van der Waals surface area contributed by atoms with Gasteiger partial charge in [0.1, 0.15) is 12.1 Å². The van der Waals surface area contributed by atoms with Crippen LogP contribution in [0.2, 0.25) is 0 Å². The van der Waals surface area contributed by atoms with Gasteiger partial charge in [-0.2, -0.15) is 0 Å². The van der Waals surface area contributed by atoms with E-state index in [-0.39, 0.29) is 17.1 Å². The summed E-state index contributed by atoms with van der Waals surface area (Å²) in [6.45, 7) is 0. The second kappa shape index (κ2) is 6.11. The molecule has 2 unspecified atom stereocenters. The van der Waals surface area contributed by atoms with Gasteiger partial charge in [0.2, 0.25) is 10.6 Å². The Morgan fingerprint density at radius 3 is 2.59 bits per heavy atom. The second-order valence-corrected chi connectivity index (χ2v) is 10.1. The van der Waals surface area contributed by atoms with Gasteiger partial charge in [0.15, 0.2) is 0 Å². The summed E-state index contributed by atoms with van der Waals surface area (Å²) in [7, 11) is 0. The minimum Gasteiger partial charge on any atom is -0.323 e. The largest absolute Gasteiger partial charge is 0.323 e. The predicted molar refractivity (Wildman–Crippen MR) is 106 cm³/mol. The standard InChI is InChI=1S/C19H19Br2FN4O/c20-13-1-2-15(14(22)4-13)24-16(27)18-5-11-3-12(6-18)8-19(7-11,9-18)26-10-23-17(21)25-26/h1-2,4,10-12H,3,5-9H2,(H,24,27). The Kier molecular flexibility index (Phi) is 4.03. The fraction of sp³-hybridized carbons (Fsp3) is 0.526. The molecule has 0 aliphatic heterocycles. The average Bonchev–Trinajstić information content (AvgIpc) is 3.03. The lowest BCUT2D eigenvalue weighted by Crippen LogP contribution is -2.60. The van der Waals surface area contributed by atoms with Gasteiger partial charge in [0, 0.05) is 4.47 Å². The number of rotatable bonds is 3. The minimum absolute atomic E-state index is 0.0543. The topological polar surface area (TPSA) is 59.8 Å². The van der Waals surface area contributed by atoms with Gasteiger partial charge in [0.05, 0.1) is 16.6 Å². The van der Waals surface area contributed by atoms with Crippen LogP contribution in [0.25, 0.3) is 0 Å². The fourth-order valence-corrected chi connectivity index (χ4v) is 6.66. The third-order valence-electron chi connectivity index (χ3n) is 6.64. The molecule has 0 saturated heterocycles. The van der Waals surface area contributed by atoms with E-state index in [0.29, 0.717) is 21.0 Å². The predicted octanol–water partition coefficient (Wildman–Crippen LogP) is 4.88. The first kappa shape index (κ1) is 17.8. The Morgan fingerprint density at radius 1 is 1.22 bits per heavy atom. The molecule has 6 rings (SSSR count). The highest BCUT2D eigenvalue weighted by Crippen LogP contribution is 2.64. The minimum atomic E-state index is -0.456. The number of carbonyl (C=O) groups excluding carboxylic acids is 1. The summed E-state index contributed by atoms with van der Waals surface area (Å²) < 4.78 is 17.5. The van der Waals surface area contributed by atoms with Crippen molar-refractivity contribution in [3.8, 4) is 0 Å². The van der Waals surface area contributed by atoms with E-state index in [1.165, 1.54) is 12.5 Å². The van der Waals surface area contributed by atoms with Crippen molar-refractivity contribution in [3.63, 3.8) is 0 Å². The summed E-state index contributed by atoms with van der Waals surface area (Å²) in [4.78, 5) is 17.6. The molecule has 27 heavy (non-hydrogen) atoms. The zero-order chi connectivity index (χ0) is 18.8. The Bertz CT molecular complexity index is 916. The fourth-order valence-electron chi connectivity index (χ4n) is 6.07. The molecule has 0 radical (unpaired) electrons. The maximum atomic E-state index is 14.3. The van der Waals surface area contributed by atoms with Gasteiger partial charge >= 0.3 is 0 Å². The van der Waals surface area contributed by atoms with E-state index in [4.69, 9.17) is 0 Å². The number of nitrogens with zero attached hydrogens (tertiary/aromatic N) is 3. The number of hydrogen-bond donors (Lipinski definition) is 1. The molecular formula is C19H19Br2FN4O. The second-order valence-electron chi connectivity index (χ2n) is 8.50. The van der Waals surface area contributed by atoms with Crippen molar-refractivity contribution in [1.29, 1.82) is 0 Å². The summed E-state index contributed by atoms with van der Waals surface area (Å²) in [6, 6.07) is 4.73. The zero-order valence-electron chi connectivity index (χ0n) is 14.6. The first-order chi connectivity index (χ1) is 12.9. The number of hydrogen-bond acceptors (Lipinski definition) is 3. The molecule has 2 atom stereocenters. The zero-order valence-corrected chi connectivity index (χ0v) is 17.8. The van der Waals surface area contributed by atoms with Crippen LogP contribution in [0.3, 0.4) is 0 Å². The summed E-state index contributed by atoms with van der Waals surface area (Å²) in [5.74, 6) is 0.545. The molecule has 1 N–H and O–H groups in total. The van der Waals surface area contributed by atoms with Gasteiger partial charge in [-0.15, -0.1) is 5.10 Å². The SMILES string of the molecule is O=C(Nc1ccc(Br)cc1F)C12CC3CC(C1)CC(n1cnc(Br)n1)(C3)C2. The number of carbonyl (C=O) groups is 1. The highest BCUT2D eigenvalue weighted by molar-refractivity contribution is 9.10. The summed E-state index contributed by atoms with van der Waals surface area (Å²) in [5, 5.41) is 7.40. The maximum absolute atomic E-state index is 14.3. The van der Waals surface area contributed by atoms with Crippen LogP contribution in [-0.2, 0) is 10.3 Å². The molecule has 4 saturated carbocycles. The lowest BCUT2D eigenvalue weighted by molar-refractivity contribution is -0.150. The van der Waals surface area contributed by atoms with Crippen molar-refractivity contribution in [1.82, 2.24) is 14.8 Å². The van der Waals surface area contributed by atoms with Gasteiger partial charge in [-0.25, -0.2) is 14.1 Å². The number of halogens is 3. The van der Waals surface area contributed by atoms with Crippen molar-refractivity contribution >= 4 is 43.5 Å². The number of anilines is 1. The Labute approximate surface area is 173 Å². The number of amides is 1. The number of aromatic nitrogens is 3. The van der Waals surface area contributed by atoms with E-state index < -0.39 is 11.2 Å². The average molecular weight is 498 g/mol. The highest BCUT2D eigenvalue weighted by Gasteiger charge is 2.61. The molecule has 142 valence electrons. The van der Waals surface area contributed by atoms with Crippen LogP contribution in [0, 0.1) is 23.1 Å². The molecule has 8 heteroatoms. The summed E-state index contributed by atoms with van der Waals surface area (Å²) in [6.07, 6.45) is 7.54. The van der Waals surface area contributed by atoms with Gasteiger partial charge in [0.25, 0.3) is 0 Å². The van der Waals surface area contributed by atoms with Crippen molar-refractivity contribution < 1.29 is 9.18 Å². The van der Waals surface area contributed by atoms with E-state index in [9.17, 15) is 9.18 Å². The maximum Gasteiger partial charge on any atom is 0.230 e. The molecule has 1 heterocycles. The van der Waals surface area contributed by atoms with Crippen LogP contribution in [0.15, 0.2) is 33.7 Å². The van der Waals surface area contributed by atoms with Crippen molar-refractivity contribution in [2.24, 2.45) is 17.3 Å². The lowest BCUT2D eigenvalue weighted by Gasteiger charge is -2.60. The van der Waals surface area contributed by atoms with Crippen molar-refractivity contribution in [3.05, 3.63) is 39.6 Å². The Balaban J connectivity index is 1.47. The van der Waals surface area contributed by atoms with Crippen molar-refractivity contribution in [2.75, 3.05) is 5.32 Å². The molecular weight excluding hydrogens is 479 g/mol. The molecule has 1 aromatic heterocycles. The third-order valence-corrected chi connectivity index (χ3v) is 7.50. The van der Waals surface area contributed by atoms with Crippen molar-refractivity contribution in [2.45, 2.75) is 44.1 Å². The van der Waals surface area contributed by atoms with Crippen LogP contribution in [0.1, 0.15) is 38.5 Å².